The number of hydrogen-bond donors (Lipinski definition) is 2. The van der Waals surface area contributed by atoms with Gasteiger partial charge in [0.25, 0.3) is 11.6 Å². The highest BCUT2D eigenvalue weighted by Gasteiger charge is 2.15. The summed E-state index contributed by atoms with van der Waals surface area (Å²) >= 11 is 5.97. The standard InChI is InChI=1S/C20H13ClN4O3/c21-18-8-7-17(25(27)28)10-19(18)24-20(26)15(11-22)12-23-16-6-5-13-3-1-2-4-14(13)9-16/h1-10,12,23H,(H,24,26)/b15-12-. The first kappa shape index (κ1) is 18.9. The first-order chi connectivity index (χ1) is 13.5. The van der Waals surface area contributed by atoms with Crippen LogP contribution in [0.5, 0.6) is 0 Å². The van der Waals surface area contributed by atoms with Crippen LogP contribution in [0.3, 0.4) is 0 Å². The van der Waals surface area contributed by atoms with E-state index in [9.17, 15) is 20.2 Å². The number of nitro benzene ring substituents is 1. The molecular weight excluding hydrogens is 380 g/mol. The molecule has 0 bridgehead atoms. The zero-order valence-corrected chi connectivity index (χ0v) is 15.1. The molecule has 7 nitrogen and oxygen atoms in total. The molecule has 0 aliphatic rings. The van der Waals surface area contributed by atoms with Gasteiger partial charge in [-0.05, 0) is 29.0 Å². The molecule has 8 heteroatoms. The number of hydrogen-bond acceptors (Lipinski definition) is 5. The van der Waals surface area contributed by atoms with E-state index >= 15 is 0 Å². The van der Waals surface area contributed by atoms with Crippen molar-refractivity contribution in [2.24, 2.45) is 0 Å². The number of benzene rings is 3. The van der Waals surface area contributed by atoms with E-state index in [-0.39, 0.29) is 22.0 Å². The Morgan fingerprint density at radius 3 is 2.57 bits per heavy atom. The summed E-state index contributed by atoms with van der Waals surface area (Å²) in [5, 5.41) is 27.7. The molecule has 0 aliphatic heterocycles. The van der Waals surface area contributed by atoms with Gasteiger partial charge >= 0.3 is 0 Å². The van der Waals surface area contributed by atoms with E-state index in [1.807, 2.05) is 42.5 Å². The van der Waals surface area contributed by atoms with Crippen molar-refractivity contribution in [2.45, 2.75) is 0 Å². The summed E-state index contributed by atoms with van der Waals surface area (Å²) in [5.41, 5.74) is 0.313. The van der Waals surface area contributed by atoms with Crippen LogP contribution < -0.4 is 10.6 Å². The van der Waals surface area contributed by atoms with Crippen LogP contribution in [0, 0.1) is 21.4 Å². The topological polar surface area (TPSA) is 108 Å². The van der Waals surface area contributed by atoms with Gasteiger partial charge in [0.15, 0.2) is 0 Å². The van der Waals surface area contributed by atoms with Crippen molar-refractivity contribution in [3.63, 3.8) is 0 Å². The van der Waals surface area contributed by atoms with Crippen molar-refractivity contribution in [2.75, 3.05) is 10.6 Å². The van der Waals surface area contributed by atoms with E-state index in [1.54, 1.807) is 6.07 Å². The molecule has 28 heavy (non-hydrogen) atoms. The van der Waals surface area contributed by atoms with Gasteiger partial charge in [0.2, 0.25) is 0 Å². The third-order valence-electron chi connectivity index (χ3n) is 3.91. The SMILES string of the molecule is N#C/C(=C/Nc1ccc2ccccc2c1)C(=O)Nc1cc([N+](=O)[O-])ccc1Cl. The highest BCUT2D eigenvalue weighted by Crippen LogP contribution is 2.27. The minimum Gasteiger partial charge on any atom is -0.360 e. The molecule has 0 saturated heterocycles. The molecule has 0 fully saturated rings. The molecule has 0 aliphatic carbocycles. The number of carbonyl (C=O) groups excluding carboxylic acids is 1. The van der Waals surface area contributed by atoms with Gasteiger partial charge < -0.3 is 10.6 Å². The first-order valence-electron chi connectivity index (χ1n) is 8.09. The van der Waals surface area contributed by atoms with Crippen LogP contribution >= 0.6 is 11.6 Å². The van der Waals surface area contributed by atoms with Gasteiger partial charge in [0, 0.05) is 24.0 Å². The highest BCUT2D eigenvalue weighted by molar-refractivity contribution is 6.34. The van der Waals surface area contributed by atoms with E-state index in [4.69, 9.17) is 11.6 Å². The number of nitrogens with one attached hydrogen (secondary N) is 2. The van der Waals surface area contributed by atoms with Crippen molar-refractivity contribution in [1.29, 1.82) is 5.26 Å². The Bertz CT molecular complexity index is 1150. The van der Waals surface area contributed by atoms with Gasteiger partial charge in [-0.25, -0.2) is 0 Å². The lowest BCUT2D eigenvalue weighted by molar-refractivity contribution is -0.384. The van der Waals surface area contributed by atoms with Gasteiger partial charge in [-0.15, -0.1) is 0 Å². The van der Waals surface area contributed by atoms with E-state index in [0.717, 1.165) is 16.8 Å². The Morgan fingerprint density at radius 2 is 1.86 bits per heavy atom. The molecule has 1 amide bonds. The van der Waals surface area contributed by atoms with Crippen LogP contribution in [0.25, 0.3) is 10.8 Å². The Kier molecular flexibility index (Phi) is 5.53. The number of nitro groups is 1. The summed E-state index contributed by atoms with van der Waals surface area (Å²) < 4.78 is 0. The number of carbonyl (C=O) groups is 1. The molecule has 2 N–H and O–H groups in total. The molecular formula is C20H13ClN4O3. The molecule has 0 aromatic heterocycles. The zero-order valence-electron chi connectivity index (χ0n) is 14.3. The fraction of sp³-hybridized carbons (Fsp3) is 0. The van der Waals surface area contributed by atoms with Gasteiger partial charge in [0.05, 0.1) is 15.6 Å². The average Bonchev–Trinajstić information content (AvgIpc) is 2.69. The number of fused-ring (bicyclic) bond motifs is 1. The Balaban J connectivity index is 1.78. The van der Waals surface area contributed by atoms with Crippen LogP contribution in [-0.4, -0.2) is 10.8 Å². The molecule has 0 saturated carbocycles. The fourth-order valence-electron chi connectivity index (χ4n) is 2.50. The predicted octanol–water partition coefficient (Wildman–Crippen LogP) is 4.86. The van der Waals surface area contributed by atoms with Crippen molar-refractivity contribution in [3.05, 3.63) is 87.6 Å². The number of rotatable bonds is 5. The smallest absolute Gasteiger partial charge is 0.271 e. The van der Waals surface area contributed by atoms with Gasteiger partial charge in [-0.3, -0.25) is 14.9 Å². The number of amides is 1. The number of nitrogens with zero attached hydrogens (tertiary/aromatic N) is 2. The van der Waals surface area contributed by atoms with Crippen LogP contribution in [-0.2, 0) is 4.79 Å². The largest absolute Gasteiger partial charge is 0.360 e. The lowest BCUT2D eigenvalue weighted by Gasteiger charge is -2.07. The second-order valence-corrected chi connectivity index (χ2v) is 6.16. The van der Waals surface area contributed by atoms with Gasteiger partial charge in [0.1, 0.15) is 11.6 Å². The third-order valence-corrected chi connectivity index (χ3v) is 4.24. The number of anilines is 2. The fourth-order valence-corrected chi connectivity index (χ4v) is 2.66. The molecule has 0 heterocycles. The number of non-ortho nitro benzene ring substituents is 1. The highest BCUT2D eigenvalue weighted by atomic mass is 35.5. The van der Waals surface area contributed by atoms with Crippen LogP contribution in [0.2, 0.25) is 5.02 Å². The lowest BCUT2D eigenvalue weighted by Crippen LogP contribution is -2.15. The molecule has 3 aromatic rings. The molecule has 3 aromatic carbocycles. The summed E-state index contributed by atoms with van der Waals surface area (Å²) in [6.07, 6.45) is 1.27. The lowest BCUT2D eigenvalue weighted by atomic mass is 10.1. The maximum Gasteiger partial charge on any atom is 0.271 e. The zero-order chi connectivity index (χ0) is 20.1. The number of halogens is 1. The van der Waals surface area contributed by atoms with Crippen molar-refractivity contribution < 1.29 is 9.72 Å². The quantitative estimate of drug-likeness (QED) is 0.279. The summed E-state index contributed by atoms with van der Waals surface area (Å²) in [7, 11) is 0. The minimum atomic E-state index is -0.738. The summed E-state index contributed by atoms with van der Waals surface area (Å²) in [5.74, 6) is -0.738. The van der Waals surface area contributed by atoms with Gasteiger partial charge in [-0.2, -0.15) is 5.26 Å². The Morgan fingerprint density at radius 1 is 1.11 bits per heavy atom. The predicted molar refractivity (Wildman–Crippen MR) is 108 cm³/mol. The van der Waals surface area contributed by atoms with Crippen molar-refractivity contribution in [1.82, 2.24) is 0 Å². The average molecular weight is 393 g/mol. The number of nitriles is 1. The second-order valence-electron chi connectivity index (χ2n) is 5.75. The van der Waals surface area contributed by atoms with E-state index in [2.05, 4.69) is 10.6 Å². The summed E-state index contributed by atoms with van der Waals surface area (Å²) in [4.78, 5) is 22.6. The summed E-state index contributed by atoms with van der Waals surface area (Å²) in [6.45, 7) is 0. The molecule has 0 spiro atoms. The van der Waals surface area contributed by atoms with Crippen molar-refractivity contribution in [3.8, 4) is 6.07 Å². The molecule has 0 atom stereocenters. The first-order valence-corrected chi connectivity index (χ1v) is 8.46. The van der Waals surface area contributed by atoms with Crippen molar-refractivity contribution >= 4 is 45.3 Å². The Labute approximate surface area is 165 Å². The van der Waals surface area contributed by atoms with Crippen LogP contribution in [0.1, 0.15) is 0 Å². The summed E-state index contributed by atoms with van der Waals surface area (Å²) in [6, 6.07) is 18.9. The monoisotopic (exact) mass is 392 g/mol. The van der Waals surface area contributed by atoms with Crippen LogP contribution in [0.15, 0.2) is 72.4 Å². The maximum absolute atomic E-state index is 12.3. The second kappa shape index (κ2) is 8.20. The van der Waals surface area contributed by atoms with Crippen LogP contribution in [0.4, 0.5) is 17.1 Å². The van der Waals surface area contributed by atoms with E-state index in [0.29, 0.717) is 5.69 Å². The Hall–Kier alpha value is -3.89. The normalized spacial score (nSPS) is 10.9. The molecule has 0 radical (unpaired) electrons. The molecule has 0 unspecified atom stereocenters. The third kappa shape index (κ3) is 4.26. The van der Waals surface area contributed by atoms with Gasteiger partial charge in [-0.1, -0.05) is 41.9 Å². The molecule has 3 rings (SSSR count). The van der Waals surface area contributed by atoms with E-state index < -0.39 is 10.8 Å². The minimum absolute atomic E-state index is 0.0488. The maximum atomic E-state index is 12.3. The van der Waals surface area contributed by atoms with E-state index in [1.165, 1.54) is 18.3 Å². The molecule has 138 valence electrons.